The van der Waals surface area contributed by atoms with E-state index in [-0.39, 0.29) is 17.4 Å². The highest BCUT2D eigenvalue weighted by Crippen LogP contribution is 2.34. The fourth-order valence-electron chi connectivity index (χ4n) is 3.91. The first kappa shape index (κ1) is 21.0. The number of para-hydroxylation sites is 1. The third-order valence-electron chi connectivity index (χ3n) is 5.32. The monoisotopic (exact) mass is 415 g/mol. The third kappa shape index (κ3) is 5.26. The lowest BCUT2D eigenvalue weighted by atomic mass is 9.91. The topological polar surface area (TPSA) is 71.0 Å². The van der Waals surface area contributed by atoms with Crippen molar-refractivity contribution < 1.29 is 4.79 Å². The molecule has 1 saturated heterocycles. The summed E-state index contributed by atoms with van der Waals surface area (Å²) in [5.74, 6) is 1.58. The molecule has 160 valence electrons. The highest BCUT2D eigenvalue weighted by Gasteiger charge is 2.34. The van der Waals surface area contributed by atoms with E-state index in [0.29, 0.717) is 12.2 Å². The molecule has 0 aliphatic carbocycles. The molecule has 0 spiro atoms. The van der Waals surface area contributed by atoms with Crippen molar-refractivity contribution in [3.05, 3.63) is 66.7 Å². The van der Waals surface area contributed by atoms with E-state index >= 15 is 0 Å². The summed E-state index contributed by atoms with van der Waals surface area (Å²) in [6.45, 7) is 7.04. The van der Waals surface area contributed by atoms with Crippen LogP contribution in [-0.2, 0) is 4.79 Å². The number of amides is 1. The highest BCUT2D eigenvalue weighted by atomic mass is 16.2. The Labute approximate surface area is 183 Å². The molecule has 4 rings (SSSR count). The minimum absolute atomic E-state index is 0.0516. The SMILES string of the molecule is CC(C)(C)CC(=O)N1CCC[C@@H]1c1nc(Nc2ccccc2)cc(-c2ccncc2)n1. The van der Waals surface area contributed by atoms with Gasteiger partial charge in [-0.15, -0.1) is 0 Å². The van der Waals surface area contributed by atoms with Crippen LogP contribution in [0.15, 0.2) is 60.9 Å². The van der Waals surface area contributed by atoms with Crippen LogP contribution in [0.2, 0.25) is 0 Å². The van der Waals surface area contributed by atoms with E-state index in [1.165, 1.54) is 0 Å². The maximum absolute atomic E-state index is 13.0. The van der Waals surface area contributed by atoms with Crippen molar-refractivity contribution in [1.82, 2.24) is 19.9 Å². The van der Waals surface area contributed by atoms with Gasteiger partial charge in [0.15, 0.2) is 5.82 Å². The van der Waals surface area contributed by atoms with Crippen LogP contribution in [0.5, 0.6) is 0 Å². The number of anilines is 2. The van der Waals surface area contributed by atoms with Crippen LogP contribution in [0.1, 0.15) is 51.9 Å². The molecule has 0 bridgehead atoms. The number of hydrogen-bond donors (Lipinski definition) is 1. The number of nitrogens with one attached hydrogen (secondary N) is 1. The van der Waals surface area contributed by atoms with E-state index in [2.05, 4.69) is 31.1 Å². The van der Waals surface area contributed by atoms with E-state index in [1.54, 1.807) is 12.4 Å². The second-order valence-electron chi connectivity index (χ2n) is 9.21. The van der Waals surface area contributed by atoms with Crippen molar-refractivity contribution in [2.24, 2.45) is 5.41 Å². The van der Waals surface area contributed by atoms with Gasteiger partial charge in [-0.2, -0.15) is 0 Å². The van der Waals surface area contributed by atoms with Crippen molar-refractivity contribution in [2.75, 3.05) is 11.9 Å². The Morgan fingerprint density at radius 2 is 1.84 bits per heavy atom. The first-order valence-electron chi connectivity index (χ1n) is 10.8. The number of hydrogen-bond acceptors (Lipinski definition) is 5. The summed E-state index contributed by atoms with van der Waals surface area (Å²) in [6.07, 6.45) is 5.88. The Kier molecular flexibility index (Phi) is 5.98. The number of aromatic nitrogens is 3. The van der Waals surface area contributed by atoms with Gasteiger partial charge in [0.05, 0.1) is 11.7 Å². The molecule has 31 heavy (non-hydrogen) atoms. The molecule has 1 amide bonds. The summed E-state index contributed by atoms with van der Waals surface area (Å²) in [5, 5.41) is 3.39. The molecule has 0 unspecified atom stereocenters. The summed E-state index contributed by atoms with van der Waals surface area (Å²) < 4.78 is 0. The molecule has 3 heterocycles. The Bertz CT molecular complexity index is 1030. The standard InChI is InChI=1S/C25H29N5O/c1-25(2,3)17-23(31)30-15-7-10-21(30)24-28-20(18-11-13-26-14-12-18)16-22(29-24)27-19-8-5-4-6-9-19/h4-6,8-9,11-14,16,21H,7,10,15,17H2,1-3H3,(H,27,28,29)/t21-/m1/s1. The van der Waals surface area contributed by atoms with E-state index in [1.807, 2.05) is 53.4 Å². The maximum atomic E-state index is 13.0. The molecule has 1 aliphatic rings. The normalized spacial score (nSPS) is 16.4. The van der Waals surface area contributed by atoms with Gasteiger partial charge in [0.1, 0.15) is 5.82 Å². The highest BCUT2D eigenvalue weighted by molar-refractivity contribution is 5.77. The van der Waals surface area contributed by atoms with Crippen LogP contribution in [0, 0.1) is 5.41 Å². The van der Waals surface area contributed by atoms with Crippen molar-refractivity contribution in [3.63, 3.8) is 0 Å². The Morgan fingerprint density at radius 3 is 2.55 bits per heavy atom. The zero-order chi connectivity index (χ0) is 21.8. The number of carbonyl (C=O) groups is 1. The average Bonchev–Trinajstić information content (AvgIpc) is 3.24. The maximum Gasteiger partial charge on any atom is 0.223 e. The zero-order valence-corrected chi connectivity index (χ0v) is 18.4. The van der Waals surface area contributed by atoms with Crippen LogP contribution in [0.3, 0.4) is 0 Å². The Balaban J connectivity index is 1.70. The molecule has 1 aromatic carbocycles. The van der Waals surface area contributed by atoms with E-state index in [9.17, 15) is 4.79 Å². The minimum atomic E-state index is -0.104. The Morgan fingerprint density at radius 1 is 1.10 bits per heavy atom. The quantitative estimate of drug-likeness (QED) is 0.606. The second kappa shape index (κ2) is 8.84. The fourth-order valence-corrected chi connectivity index (χ4v) is 3.91. The zero-order valence-electron chi connectivity index (χ0n) is 18.4. The van der Waals surface area contributed by atoms with Gasteiger partial charge in [-0.1, -0.05) is 39.0 Å². The van der Waals surface area contributed by atoms with E-state index in [0.717, 1.165) is 42.1 Å². The summed E-state index contributed by atoms with van der Waals surface area (Å²) in [7, 11) is 0. The minimum Gasteiger partial charge on any atom is -0.340 e. The van der Waals surface area contributed by atoms with Crippen molar-refractivity contribution in [1.29, 1.82) is 0 Å². The lowest BCUT2D eigenvalue weighted by Gasteiger charge is -2.28. The van der Waals surface area contributed by atoms with Gasteiger partial charge in [-0.25, -0.2) is 9.97 Å². The molecule has 1 aliphatic heterocycles. The van der Waals surface area contributed by atoms with E-state index < -0.39 is 0 Å². The summed E-state index contributed by atoms with van der Waals surface area (Å²) in [4.78, 5) is 28.8. The number of benzene rings is 1. The number of carbonyl (C=O) groups excluding carboxylic acids is 1. The van der Waals surface area contributed by atoms with Crippen LogP contribution < -0.4 is 5.32 Å². The molecule has 0 radical (unpaired) electrons. The molecule has 6 nitrogen and oxygen atoms in total. The first-order valence-corrected chi connectivity index (χ1v) is 10.8. The fraction of sp³-hybridized carbons (Fsp3) is 0.360. The largest absolute Gasteiger partial charge is 0.340 e. The lowest BCUT2D eigenvalue weighted by molar-refractivity contribution is -0.134. The van der Waals surface area contributed by atoms with Gasteiger partial charge in [-0.05, 0) is 42.5 Å². The number of rotatable bonds is 5. The summed E-state index contributed by atoms with van der Waals surface area (Å²) in [5.41, 5.74) is 2.70. The predicted octanol–water partition coefficient (Wildman–Crippen LogP) is 5.38. The number of nitrogens with zero attached hydrogens (tertiary/aromatic N) is 4. The molecule has 2 aromatic heterocycles. The number of pyridine rings is 1. The van der Waals surface area contributed by atoms with Crippen molar-refractivity contribution in [3.8, 4) is 11.3 Å². The molecule has 6 heteroatoms. The predicted molar refractivity (Wildman–Crippen MR) is 123 cm³/mol. The molecule has 1 N–H and O–H groups in total. The lowest BCUT2D eigenvalue weighted by Crippen LogP contribution is -2.34. The summed E-state index contributed by atoms with van der Waals surface area (Å²) in [6, 6.07) is 15.7. The first-order chi connectivity index (χ1) is 14.9. The van der Waals surface area contributed by atoms with Gasteiger partial charge in [-0.3, -0.25) is 9.78 Å². The average molecular weight is 416 g/mol. The number of likely N-dealkylation sites (tertiary alicyclic amines) is 1. The molecule has 1 atom stereocenters. The van der Waals surface area contributed by atoms with Gasteiger partial charge >= 0.3 is 0 Å². The van der Waals surface area contributed by atoms with E-state index in [4.69, 9.17) is 9.97 Å². The van der Waals surface area contributed by atoms with Gasteiger partial charge in [0.25, 0.3) is 0 Å². The smallest absolute Gasteiger partial charge is 0.223 e. The van der Waals surface area contributed by atoms with Gasteiger partial charge in [0, 0.05) is 42.7 Å². The molecular formula is C25H29N5O. The van der Waals surface area contributed by atoms with Crippen LogP contribution in [0.4, 0.5) is 11.5 Å². The molecule has 3 aromatic rings. The van der Waals surface area contributed by atoms with Crippen LogP contribution >= 0.6 is 0 Å². The second-order valence-corrected chi connectivity index (χ2v) is 9.21. The molecule has 1 fully saturated rings. The van der Waals surface area contributed by atoms with Crippen molar-refractivity contribution in [2.45, 2.75) is 46.1 Å². The van der Waals surface area contributed by atoms with Crippen LogP contribution in [0.25, 0.3) is 11.3 Å². The molecule has 0 saturated carbocycles. The summed E-state index contributed by atoms with van der Waals surface area (Å²) >= 11 is 0. The van der Waals surface area contributed by atoms with Crippen LogP contribution in [-0.4, -0.2) is 32.3 Å². The van der Waals surface area contributed by atoms with Crippen molar-refractivity contribution >= 4 is 17.4 Å². The Hall–Kier alpha value is -3.28. The molecular weight excluding hydrogens is 386 g/mol. The van der Waals surface area contributed by atoms with Gasteiger partial charge in [0.2, 0.25) is 5.91 Å². The van der Waals surface area contributed by atoms with Gasteiger partial charge < -0.3 is 10.2 Å². The third-order valence-corrected chi connectivity index (χ3v) is 5.32.